The second-order valence-electron chi connectivity index (χ2n) is 5.90. The Kier molecular flexibility index (Phi) is 3.74. The van der Waals surface area contributed by atoms with E-state index in [2.05, 4.69) is 23.1 Å². The second kappa shape index (κ2) is 5.49. The Hall–Kier alpha value is -1.09. The minimum absolute atomic E-state index is 0.124. The average molecular weight is 261 g/mol. The summed E-state index contributed by atoms with van der Waals surface area (Å²) in [6.07, 6.45) is 13.9. The van der Waals surface area contributed by atoms with Crippen molar-refractivity contribution >= 4 is 5.97 Å². The first-order valence-corrected chi connectivity index (χ1v) is 7.52. The third-order valence-electron chi connectivity index (χ3n) is 4.81. The molecule has 3 nitrogen and oxygen atoms in total. The van der Waals surface area contributed by atoms with Crippen LogP contribution in [-0.2, 0) is 9.53 Å². The lowest BCUT2D eigenvalue weighted by molar-refractivity contribution is -0.137. The third-order valence-corrected chi connectivity index (χ3v) is 4.81. The van der Waals surface area contributed by atoms with E-state index in [-0.39, 0.29) is 5.97 Å². The molecule has 1 fully saturated rings. The molecule has 0 aromatic rings. The van der Waals surface area contributed by atoms with Crippen LogP contribution in [0.15, 0.2) is 23.8 Å². The zero-order valence-corrected chi connectivity index (χ0v) is 11.7. The highest BCUT2D eigenvalue weighted by Crippen LogP contribution is 2.41. The number of ether oxygens (including phenoxy) is 1. The van der Waals surface area contributed by atoms with E-state index in [9.17, 15) is 4.79 Å². The highest BCUT2D eigenvalue weighted by Gasteiger charge is 2.44. The molecule has 104 valence electrons. The molecule has 0 N–H and O–H groups in total. The Balaban J connectivity index is 1.88. The van der Waals surface area contributed by atoms with Crippen LogP contribution in [0.2, 0.25) is 0 Å². The summed E-state index contributed by atoms with van der Waals surface area (Å²) in [5, 5.41) is 0. The summed E-state index contributed by atoms with van der Waals surface area (Å²) in [5.41, 5.74) is 0.912. The van der Waals surface area contributed by atoms with Gasteiger partial charge in [-0.05, 0) is 51.0 Å². The molecule has 19 heavy (non-hydrogen) atoms. The van der Waals surface area contributed by atoms with Gasteiger partial charge >= 0.3 is 5.97 Å². The Labute approximate surface area is 115 Å². The lowest BCUT2D eigenvalue weighted by Gasteiger charge is -2.34. The summed E-state index contributed by atoms with van der Waals surface area (Å²) in [6, 6.07) is 0.829. The molecule has 2 aliphatic heterocycles. The lowest BCUT2D eigenvalue weighted by atomic mass is 9.84. The number of allylic oxidation sites excluding steroid dienone is 2. The van der Waals surface area contributed by atoms with Crippen molar-refractivity contribution in [3.05, 3.63) is 23.8 Å². The molecule has 1 saturated heterocycles. The highest BCUT2D eigenvalue weighted by molar-refractivity contribution is 5.90. The van der Waals surface area contributed by atoms with Gasteiger partial charge in [0.15, 0.2) is 0 Å². The number of hydrogen-bond acceptors (Lipinski definition) is 3. The second-order valence-corrected chi connectivity index (χ2v) is 5.90. The van der Waals surface area contributed by atoms with Gasteiger partial charge in [-0.25, -0.2) is 4.79 Å². The summed E-state index contributed by atoms with van der Waals surface area (Å²) in [5.74, 6) is 0.508. The van der Waals surface area contributed by atoms with Gasteiger partial charge in [0.1, 0.15) is 0 Å². The molecular formula is C16H23NO2. The average Bonchev–Trinajstić information content (AvgIpc) is 2.74. The molecule has 0 aromatic carbocycles. The van der Waals surface area contributed by atoms with Gasteiger partial charge in [-0.3, -0.25) is 4.90 Å². The number of fused-ring (bicyclic) bond motifs is 3. The third kappa shape index (κ3) is 2.36. The first-order chi connectivity index (χ1) is 9.31. The van der Waals surface area contributed by atoms with Gasteiger partial charge in [-0.15, -0.1) is 0 Å². The maximum Gasteiger partial charge on any atom is 0.335 e. The molecule has 0 unspecified atom stereocenters. The van der Waals surface area contributed by atoms with Crippen LogP contribution in [0.5, 0.6) is 0 Å². The zero-order valence-electron chi connectivity index (χ0n) is 11.7. The van der Waals surface area contributed by atoms with Crippen molar-refractivity contribution in [2.75, 3.05) is 13.7 Å². The molecule has 2 heterocycles. The summed E-state index contributed by atoms with van der Waals surface area (Å²) in [7, 11) is 1.49. The van der Waals surface area contributed by atoms with Crippen LogP contribution in [0.25, 0.3) is 0 Å². The molecular weight excluding hydrogens is 238 g/mol. The van der Waals surface area contributed by atoms with Gasteiger partial charge in [0.2, 0.25) is 0 Å². The quantitative estimate of drug-likeness (QED) is 0.537. The van der Waals surface area contributed by atoms with Crippen LogP contribution >= 0.6 is 0 Å². The summed E-state index contributed by atoms with van der Waals surface area (Å²) < 4.78 is 4.98. The molecule has 0 spiro atoms. The van der Waals surface area contributed by atoms with Crippen LogP contribution < -0.4 is 0 Å². The van der Waals surface area contributed by atoms with Gasteiger partial charge in [0, 0.05) is 12.1 Å². The van der Waals surface area contributed by atoms with Crippen molar-refractivity contribution in [3.63, 3.8) is 0 Å². The SMILES string of the molecule is COC(=O)C1=CCC[C@@H]2C[C@@H]3/C=C\CCCCN3[C@H]12. The van der Waals surface area contributed by atoms with Gasteiger partial charge in [-0.1, -0.05) is 18.2 Å². The van der Waals surface area contributed by atoms with E-state index in [0.29, 0.717) is 18.0 Å². The Morgan fingerprint density at radius 3 is 3.11 bits per heavy atom. The molecule has 3 aliphatic rings. The Bertz CT molecular complexity index is 413. The number of nitrogens with zero attached hydrogens (tertiary/aromatic N) is 1. The fraction of sp³-hybridized carbons (Fsp3) is 0.688. The minimum Gasteiger partial charge on any atom is -0.466 e. The van der Waals surface area contributed by atoms with E-state index in [0.717, 1.165) is 18.5 Å². The van der Waals surface area contributed by atoms with Crippen molar-refractivity contribution in [3.8, 4) is 0 Å². The predicted molar refractivity (Wildman–Crippen MR) is 74.7 cm³/mol. The monoisotopic (exact) mass is 261 g/mol. The van der Waals surface area contributed by atoms with E-state index in [1.807, 2.05) is 0 Å². The molecule has 0 aromatic heterocycles. The smallest absolute Gasteiger partial charge is 0.335 e. The lowest BCUT2D eigenvalue weighted by Crippen LogP contribution is -2.42. The van der Waals surface area contributed by atoms with Gasteiger partial charge in [-0.2, -0.15) is 0 Å². The van der Waals surface area contributed by atoms with E-state index in [1.165, 1.54) is 39.2 Å². The number of carbonyl (C=O) groups is 1. The maximum absolute atomic E-state index is 12.0. The Morgan fingerprint density at radius 2 is 2.26 bits per heavy atom. The topological polar surface area (TPSA) is 29.5 Å². The van der Waals surface area contributed by atoms with Crippen LogP contribution in [0.4, 0.5) is 0 Å². The molecule has 3 atom stereocenters. The van der Waals surface area contributed by atoms with E-state index >= 15 is 0 Å². The van der Waals surface area contributed by atoms with E-state index in [1.54, 1.807) is 0 Å². The summed E-state index contributed by atoms with van der Waals surface area (Å²) in [6.45, 7) is 1.12. The van der Waals surface area contributed by atoms with Crippen molar-refractivity contribution in [1.29, 1.82) is 0 Å². The zero-order chi connectivity index (χ0) is 13.2. The van der Waals surface area contributed by atoms with Crippen LogP contribution in [-0.4, -0.2) is 36.6 Å². The summed E-state index contributed by atoms with van der Waals surface area (Å²) >= 11 is 0. The number of carbonyl (C=O) groups excluding carboxylic acids is 1. The van der Waals surface area contributed by atoms with E-state index in [4.69, 9.17) is 4.74 Å². The summed E-state index contributed by atoms with van der Waals surface area (Å²) in [4.78, 5) is 14.5. The maximum atomic E-state index is 12.0. The minimum atomic E-state index is -0.124. The van der Waals surface area contributed by atoms with Gasteiger partial charge in [0.25, 0.3) is 0 Å². The normalized spacial score (nSPS) is 36.5. The molecule has 0 saturated carbocycles. The van der Waals surface area contributed by atoms with Crippen molar-refractivity contribution in [1.82, 2.24) is 4.90 Å². The predicted octanol–water partition coefficient (Wildman–Crippen LogP) is 2.68. The fourth-order valence-corrected chi connectivity index (χ4v) is 3.96. The number of methoxy groups -OCH3 is 1. The van der Waals surface area contributed by atoms with Crippen LogP contribution in [0.1, 0.15) is 38.5 Å². The Morgan fingerprint density at radius 1 is 1.37 bits per heavy atom. The fourth-order valence-electron chi connectivity index (χ4n) is 3.96. The van der Waals surface area contributed by atoms with Crippen molar-refractivity contribution in [2.24, 2.45) is 5.92 Å². The van der Waals surface area contributed by atoms with Gasteiger partial charge < -0.3 is 4.74 Å². The molecule has 3 rings (SSSR count). The van der Waals surface area contributed by atoms with Crippen molar-refractivity contribution in [2.45, 2.75) is 50.6 Å². The molecule has 0 bridgehead atoms. The number of hydrogen-bond donors (Lipinski definition) is 0. The molecule has 0 radical (unpaired) electrons. The largest absolute Gasteiger partial charge is 0.466 e. The van der Waals surface area contributed by atoms with Crippen LogP contribution in [0, 0.1) is 5.92 Å². The first-order valence-electron chi connectivity index (χ1n) is 7.52. The van der Waals surface area contributed by atoms with Crippen LogP contribution in [0.3, 0.4) is 0 Å². The first kappa shape index (κ1) is 12.9. The molecule has 1 aliphatic carbocycles. The van der Waals surface area contributed by atoms with E-state index < -0.39 is 0 Å². The molecule has 3 heteroatoms. The molecule has 0 amide bonds. The number of rotatable bonds is 1. The highest BCUT2D eigenvalue weighted by atomic mass is 16.5. The van der Waals surface area contributed by atoms with Gasteiger partial charge in [0.05, 0.1) is 12.7 Å². The number of esters is 1. The standard InChI is InChI=1S/C16H23NO2/c1-19-16(18)14-9-6-7-12-11-13-8-4-2-3-5-10-17(13)15(12)14/h4,8-9,12-13,15H,2-3,5-7,10-11H2,1H3/b8-4-/t12-,13+,15+/m1/s1. The van der Waals surface area contributed by atoms with Crippen molar-refractivity contribution < 1.29 is 9.53 Å².